The van der Waals surface area contributed by atoms with E-state index in [4.69, 9.17) is 13.8 Å². The van der Waals surface area contributed by atoms with Crippen LogP contribution in [-0.4, -0.2) is 16.2 Å². The summed E-state index contributed by atoms with van der Waals surface area (Å²) < 4.78 is 15.2. The van der Waals surface area contributed by atoms with E-state index >= 15 is 0 Å². The number of hydrogen-bond acceptors (Lipinski definition) is 4. The van der Waals surface area contributed by atoms with Gasteiger partial charge in [0.05, 0.1) is 28.2 Å². The van der Waals surface area contributed by atoms with Gasteiger partial charge in [-0.25, -0.2) is 4.99 Å². The molecule has 0 radical (unpaired) electrons. The number of aromatic nitrogens is 1. The number of fused-ring (bicyclic) bond motifs is 14. The van der Waals surface area contributed by atoms with Gasteiger partial charge < -0.3 is 14.2 Å². The van der Waals surface area contributed by atoms with Gasteiger partial charge in [-0.1, -0.05) is 78.9 Å². The highest BCUT2D eigenvalue weighted by Gasteiger charge is 2.32. The van der Waals surface area contributed by atoms with Gasteiger partial charge in [0.1, 0.15) is 33.8 Å². The van der Waals surface area contributed by atoms with Crippen molar-refractivity contribution in [1.29, 1.82) is 0 Å². The maximum atomic E-state index is 6.61. The molecule has 4 aromatic heterocycles. The summed E-state index contributed by atoms with van der Waals surface area (Å²) in [4.78, 5) is 5.28. The number of para-hydroxylation sites is 3. The van der Waals surface area contributed by atoms with E-state index < -0.39 is 0 Å². The number of nitrogens with one attached hydrogen (secondary N) is 1. The van der Waals surface area contributed by atoms with Crippen LogP contribution in [0.1, 0.15) is 0 Å². The molecule has 1 aliphatic carbocycles. The second kappa shape index (κ2) is 7.52. The van der Waals surface area contributed by atoms with Crippen LogP contribution in [0.5, 0.6) is 0 Å². The molecule has 0 amide bonds. The molecular weight excluding hydrogens is 530 g/mol. The Labute approximate surface area is 244 Å². The normalized spacial score (nSPS) is 16.3. The SMILES string of the molecule is C1=CC2=Nc3c(n4c5c(-c6ccc7oc8ccccc8c7c6)cccc5c5cc6c7ccccc7oc6c3c54)NC2C=C1. The predicted octanol–water partition coefficient (Wildman–Crippen LogP) is 10.1. The van der Waals surface area contributed by atoms with Gasteiger partial charge in [-0.05, 0) is 42.0 Å². The van der Waals surface area contributed by atoms with Crippen LogP contribution in [0.25, 0.3) is 82.2 Å². The zero-order valence-corrected chi connectivity index (χ0v) is 22.8. The summed E-state index contributed by atoms with van der Waals surface area (Å²) in [5, 5.41) is 11.8. The van der Waals surface area contributed by atoms with E-state index in [9.17, 15) is 0 Å². The van der Waals surface area contributed by atoms with E-state index in [0.29, 0.717) is 0 Å². The van der Waals surface area contributed by atoms with Gasteiger partial charge in [0.15, 0.2) is 0 Å². The fraction of sp³-hybridized carbons (Fsp3) is 0.0263. The molecule has 200 valence electrons. The summed E-state index contributed by atoms with van der Waals surface area (Å²) in [5.41, 5.74) is 10.1. The van der Waals surface area contributed by atoms with Crippen LogP contribution in [0, 0.1) is 0 Å². The molecule has 0 bridgehead atoms. The third kappa shape index (κ3) is 2.66. The first-order chi connectivity index (χ1) is 21.3. The van der Waals surface area contributed by atoms with E-state index in [2.05, 4.69) is 101 Å². The number of rotatable bonds is 1. The molecule has 1 unspecified atom stereocenters. The Kier molecular flexibility index (Phi) is 3.83. The summed E-state index contributed by atoms with van der Waals surface area (Å²) in [5.74, 6) is 0.999. The van der Waals surface area contributed by atoms with Gasteiger partial charge in [0.2, 0.25) is 0 Å². The lowest BCUT2D eigenvalue weighted by Crippen LogP contribution is -2.30. The van der Waals surface area contributed by atoms with Crippen LogP contribution < -0.4 is 5.32 Å². The maximum Gasteiger partial charge on any atom is 0.147 e. The molecule has 43 heavy (non-hydrogen) atoms. The molecule has 1 aliphatic heterocycles. The van der Waals surface area contributed by atoms with Crippen molar-refractivity contribution in [2.45, 2.75) is 6.04 Å². The Morgan fingerprint density at radius 3 is 2.35 bits per heavy atom. The van der Waals surface area contributed by atoms with Crippen LogP contribution in [0.2, 0.25) is 0 Å². The fourth-order valence-electron chi connectivity index (χ4n) is 7.47. The second-order valence-corrected chi connectivity index (χ2v) is 11.6. The van der Waals surface area contributed by atoms with E-state index in [1.54, 1.807) is 0 Å². The van der Waals surface area contributed by atoms with Gasteiger partial charge in [-0.15, -0.1) is 0 Å². The van der Waals surface area contributed by atoms with E-state index in [-0.39, 0.29) is 6.04 Å². The largest absolute Gasteiger partial charge is 0.456 e. The van der Waals surface area contributed by atoms with Crippen molar-refractivity contribution in [1.82, 2.24) is 4.40 Å². The summed E-state index contributed by atoms with van der Waals surface area (Å²) in [6, 6.07) is 32.1. The lowest BCUT2D eigenvalue weighted by atomic mass is 9.98. The van der Waals surface area contributed by atoms with Gasteiger partial charge >= 0.3 is 0 Å². The monoisotopic (exact) mass is 551 g/mol. The molecule has 0 saturated carbocycles. The Bertz CT molecular complexity index is 2770. The zero-order valence-electron chi connectivity index (χ0n) is 22.8. The summed E-state index contributed by atoms with van der Waals surface area (Å²) >= 11 is 0. The summed E-state index contributed by atoms with van der Waals surface area (Å²) in [6.45, 7) is 0. The average Bonchev–Trinajstić information content (AvgIpc) is 3.79. The number of furan rings is 2. The predicted molar refractivity (Wildman–Crippen MR) is 176 cm³/mol. The summed E-state index contributed by atoms with van der Waals surface area (Å²) in [7, 11) is 0. The van der Waals surface area contributed by atoms with Crippen molar-refractivity contribution in [3.05, 3.63) is 115 Å². The average molecular weight is 552 g/mol. The fourth-order valence-corrected chi connectivity index (χ4v) is 7.47. The van der Waals surface area contributed by atoms with Crippen LogP contribution in [0.3, 0.4) is 0 Å². The van der Waals surface area contributed by atoms with Crippen LogP contribution in [-0.2, 0) is 0 Å². The van der Waals surface area contributed by atoms with Gasteiger partial charge in [0.25, 0.3) is 0 Å². The van der Waals surface area contributed by atoms with Crippen molar-refractivity contribution in [2.75, 3.05) is 5.32 Å². The molecule has 5 nitrogen and oxygen atoms in total. The Morgan fingerprint density at radius 1 is 0.651 bits per heavy atom. The Morgan fingerprint density at radius 2 is 1.44 bits per heavy atom. The number of hydrogen-bond donors (Lipinski definition) is 1. The van der Waals surface area contributed by atoms with Crippen molar-refractivity contribution in [2.24, 2.45) is 4.99 Å². The number of anilines is 1. The third-order valence-electron chi connectivity index (χ3n) is 9.32. The topological polar surface area (TPSA) is 55.1 Å². The van der Waals surface area contributed by atoms with Crippen molar-refractivity contribution < 1.29 is 8.83 Å². The minimum atomic E-state index is 0.0116. The molecule has 2 aliphatic rings. The molecular formula is C38H21N3O2. The zero-order chi connectivity index (χ0) is 27.8. The molecule has 1 N–H and O–H groups in total. The lowest BCUT2D eigenvalue weighted by molar-refractivity contribution is 0.669. The van der Waals surface area contributed by atoms with Crippen LogP contribution in [0.4, 0.5) is 11.5 Å². The van der Waals surface area contributed by atoms with Crippen molar-refractivity contribution in [3.8, 4) is 11.1 Å². The second-order valence-electron chi connectivity index (χ2n) is 11.6. The molecule has 5 heteroatoms. The van der Waals surface area contributed by atoms with Crippen LogP contribution >= 0.6 is 0 Å². The number of nitrogens with zero attached hydrogens (tertiary/aromatic N) is 2. The first-order valence-electron chi connectivity index (χ1n) is 14.6. The first-order valence-corrected chi connectivity index (χ1v) is 14.6. The molecule has 0 spiro atoms. The highest BCUT2D eigenvalue weighted by molar-refractivity contribution is 6.32. The van der Waals surface area contributed by atoms with Crippen LogP contribution in [0.15, 0.2) is 129 Å². The lowest BCUT2D eigenvalue weighted by Gasteiger charge is -2.23. The van der Waals surface area contributed by atoms with E-state index in [1.807, 2.05) is 24.3 Å². The number of benzene rings is 5. The molecule has 1 atom stereocenters. The van der Waals surface area contributed by atoms with E-state index in [1.165, 1.54) is 10.8 Å². The highest BCUT2D eigenvalue weighted by atomic mass is 16.3. The van der Waals surface area contributed by atoms with Crippen molar-refractivity contribution in [3.63, 3.8) is 0 Å². The number of allylic oxidation sites excluding steroid dienone is 2. The minimum Gasteiger partial charge on any atom is -0.456 e. The first kappa shape index (κ1) is 21.9. The Hall–Kier alpha value is -5.81. The standard InChI is InChI=1S/C38H21N3O2/c1-5-14-30-22(8-1)25-18-20(16-17-32(25)42-30)21-10-7-11-24-26-19-27-23-9-2-6-15-31(23)43-37(27)33-34-38(41(35(21)24)36(26)33)40-29-13-4-3-12-28(29)39-34/h1-19,29,40H. The molecule has 11 rings (SSSR count). The maximum absolute atomic E-state index is 6.61. The highest BCUT2D eigenvalue weighted by Crippen LogP contribution is 2.52. The van der Waals surface area contributed by atoms with Gasteiger partial charge in [-0.2, -0.15) is 0 Å². The minimum absolute atomic E-state index is 0.0116. The molecule has 5 heterocycles. The van der Waals surface area contributed by atoms with Gasteiger partial charge in [-0.3, -0.25) is 4.40 Å². The molecule has 0 fully saturated rings. The molecule has 5 aromatic carbocycles. The van der Waals surface area contributed by atoms with Gasteiger partial charge in [0, 0.05) is 37.9 Å². The molecule has 0 saturated heterocycles. The Balaban J connectivity index is 1.32. The van der Waals surface area contributed by atoms with Crippen molar-refractivity contribution >= 4 is 88.3 Å². The quantitative estimate of drug-likeness (QED) is 0.221. The number of aliphatic imine (C=N–C) groups is 1. The summed E-state index contributed by atoms with van der Waals surface area (Å²) in [6.07, 6.45) is 8.41. The van der Waals surface area contributed by atoms with E-state index in [0.717, 1.165) is 88.6 Å². The smallest absolute Gasteiger partial charge is 0.147 e. The molecule has 9 aromatic rings. The third-order valence-corrected chi connectivity index (χ3v) is 9.32.